The van der Waals surface area contributed by atoms with Gasteiger partial charge < -0.3 is 4.90 Å². The number of sulfonamides is 1. The third kappa shape index (κ3) is 3.75. The van der Waals surface area contributed by atoms with Crippen molar-refractivity contribution in [3.63, 3.8) is 0 Å². The minimum atomic E-state index is -3.59. The van der Waals surface area contributed by atoms with Gasteiger partial charge in [0.05, 0.1) is 11.9 Å². The van der Waals surface area contributed by atoms with E-state index in [0.717, 1.165) is 23.8 Å². The van der Waals surface area contributed by atoms with Gasteiger partial charge in [0.1, 0.15) is 6.04 Å². The number of rotatable bonds is 4. The van der Waals surface area contributed by atoms with E-state index >= 15 is 0 Å². The van der Waals surface area contributed by atoms with Gasteiger partial charge in [-0.1, -0.05) is 42.0 Å². The van der Waals surface area contributed by atoms with Crippen LogP contribution in [0.3, 0.4) is 0 Å². The minimum Gasteiger partial charge on any atom is -0.336 e. The highest BCUT2D eigenvalue weighted by molar-refractivity contribution is 7.92. The number of hydrogen-bond donors (Lipinski definition) is 0. The molecule has 2 aromatic carbocycles. The average molecular weight is 372 g/mol. The molecule has 0 spiro atoms. The Balaban J connectivity index is 1.86. The Kier molecular flexibility index (Phi) is 5.05. The Morgan fingerprint density at radius 3 is 2.31 bits per heavy atom. The van der Waals surface area contributed by atoms with E-state index in [9.17, 15) is 13.2 Å². The summed E-state index contributed by atoms with van der Waals surface area (Å²) in [5.41, 5.74) is 3.92. The summed E-state index contributed by atoms with van der Waals surface area (Å²) in [6.45, 7) is 4.72. The maximum Gasteiger partial charge on any atom is 0.246 e. The summed E-state index contributed by atoms with van der Waals surface area (Å²) >= 11 is 0. The predicted molar refractivity (Wildman–Crippen MR) is 104 cm³/mol. The molecule has 1 aliphatic rings. The minimum absolute atomic E-state index is 0.175. The van der Waals surface area contributed by atoms with Gasteiger partial charge >= 0.3 is 0 Å². The van der Waals surface area contributed by atoms with Crippen LogP contribution >= 0.6 is 0 Å². The van der Waals surface area contributed by atoms with Crippen LogP contribution in [0, 0.1) is 6.92 Å². The van der Waals surface area contributed by atoms with Gasteiger partial charge in [0.2, 0.25) is 15.9 Å². The van der Waals surface area contributed by atoms with Crippen molar-refractivity contribution < 1.29 is 13.2 Å². The van der Waals surface area contributed by atoms with Crippen LogP contribution in [-0.2, 0) is 27.8 Å². The van der Waals surface area contributed by atoms with Crippen molar-refractivity contribution in [3.8, 4) is 0 Å². The highest BCUT2D eigenvalue weighted by Crippen LogP contribution is 2.24. The fourth-order valence-corrected chi connectivity index (χ4v) is 4.61. The number of amides is 1. The van der Waals surface area contributed by atoms with Gasteiger partial charge in [-0.15, -0.1) is 0 Å². The molecule has 0 unspecified atom stereocenters. The van der Waals surface area contributed by atoms with Crippen molar-refractivity contribution in [1.29, 1.82) is 0 Å². The van der Waals surface area contributed by atoms with Crippen LogP contribution in [0.25, 0.3) is 0 Å². The SMILES string of the molecule is Cc1ccc(N([C@H](C)C(=O)N2CCc3ccccc3C2)S(C)(=O)=O)cc1. The topological polar surface area (TPSA) is 57.7 Å². The van der Waals surface area contributed by atoms with Crippen molar-refractivity contribution in [3.05, 3.63) is 65.2 Å². The van der Waals surface area contributed by atoms with Gasteiger partial charge in [0, 0.05) is 13.1 Å². The maximum atomic E-state index is 13.1. The Labute approximate surface area is 155 Å². The van der Waals surface area contributed by atoms with E-state index in [4.69, 9.17) is 0 Å². The first-order chi connectivity index (χ1) is 12.3. The zero-order valence-electron chi connectivity index (χ0n) is 15.3. The number of benzene rings is 2. The lowest BCUT2D eigenvalue weighted by Crippen LogP contribution is -2.50. The molecule has 1 aliphatic heterocycles. The molecule has 2 aromatic rings. The fourth-order valence-electron chi connectivity index (χ4n) is 3.44. The molecule has 0 fully saturated rings. The van der Waals surface area contributed by atoms with Gasteiger partial charge in [0.15, 0.2) is 0 Å². The second kappa shape index (κ2) is 7.11. The first kappa shape index (κ1) is 18.5. The van der Waals surface area contributed by atoms with Gasteiger partial charge in [-0.2, -0.15) is 0 Å². The zero-order chi connectivity index (χ0) is 18.9. The average Bonchev–Trinajstić information content (AvgIpc) is 2.61. The van der Waals surface area contributed by atoms with Gasteiger partial charge in [0.25, 0.3) is 0 Å². The smallest absolute Gasteiger partial charge is 0.246 e. The molecule has 0 aromatic heterocycles. The van der Waals surface area contributed by atoms with Crippen LogP contribution < -0.4 is 4.31 Å². The van der Waals surface area contributed by atoms with Crippen molar-refractivity contribution in [1.82, 2.24) is 4.90 Å². The molecule has 1 amide bonds. The standard InChI is InChI=1S/C20H24N2O3S/c1-15-8-10-19(11-9-15)22(26(3,24)25)16(2)20(23)21-13-12-17-6-4-5-7-18(17)14-21/h4-11,16H,12-14H2,1-3H3/t16-/m1/s1. The molecule has 3 rings (SSSR count). The van der Waals surface area contributed by atoms with E-state index < -0.39 is 16.1 Å². The van der Waals surface area contributed by atoms with Crippen LogP contribution in [0.5, 0.6) is 0 Å². The van der Waals surface area contributed by atoms with Crippen molar-refractivity contribution in [2.75, 3.05) is 17.1 Å². The third-order valence-electron chi connectivity index (χ3n) is 4.80. The molecule has 0 aliphatic carbocycles. The highest BCUT2D eigenvalue weighted by Gasteiger charge is 2.33. The Morgan fingerprint density at radius 1 is 1.08 bits per heavy atom. The quantitative estimate of drug-likeness (QED) is 0.829. The zero-order valence-corrected chi connectivity index (χ0v) is 16.2. The van der Waals surface area contributed by atoms with E-state index in [0.29, 0.717) is 18.8 Å². The van der Waals surface area contributed by atoms with E-state index in [1.165, 1.54) is 9.87 Å². The third-order valence-corrected chi connectivity index (χ3v) is 6.04. The monoisotopic (exact) mass is 372 g/mol. The summed E-state index contributed by atoms with van der Waals surface area (Å²) in [5, 5.41) is 0. The summed E-state index contributed by atoms with van der Waals surface area (Å²) < 4.78 is 26.0. The Hall–Kier alpha value is -2.34. The van der Waals surface area contributed by atoms with Crippen molar-refractivity contribution in [2.24, 2.45) is 0 Å². The van der Waals surface area contributed by atoms with Gasteiger partial charge in [-0.05, 0) is 43.5 Å². The molecular weight excluding hydrogens is 348 g/mol. The number of anilines is 1. The molecule has 6 heteroatoms. The molecule has 26 heavy (non-hydrogen) atoms. The van der Waals surface area contributed by atoms with E-state index in [1.54, 1.807) is 24.0 Å². The second-order valence-electron chi connectivity index (χ2n) is 6.85. The molecule has 138 valence electrons. The summed E-state index contributed by atoms with van der Waals surface area (Å²) in [6.07, 6.45) is 1.93. The summed E-state index contributed by atoms with van der Waals surface area (Å²) in [5.74, 6) is -0.175. The number of fused-ring (bicyclic) bond motifs is 1. The number of hydrogen-bond acceptors (Lipinski definition) is 3. The second-order valence-corrected chi connectivity index (χ2v) is 8.71. The van der Waals surface area contributed by atoms with Crippen molar-refractivity contribution in [2.45, 2.75) is 32.9 Å². The van der Waals surface area contributed by atoms with Crippen LogP contribution in [0.1, 0.15) is 23.6 Å². The molecule has 0 saturated carbocycles. The predicted octanol–water partition coefficient (Wildman–Crippen LogP) is 2.73. The molecular formula is C20H24N2O3S. The first-order valence-electron chi connectivity index (χ1n) is 8.69. The van der Waals surface area contributed by atoms with Crippen LogP contribution in [0.15, 0.2) is 48.5 Å². The lowest BCUT2D eigenvalue weighted by Gasteiger charge is -2.35. The Morgan fingerprint density at radius 2 is 1.69 bits per heavy atom. The molecule has 5 nitrogen and oxygen atoms in total. The number of carbonyl (C=O) groups excluding carboxylic acids is 1. The summed E-state index contributed by atoms with van der Waals surface area (Å²) in [4.78, 5) is 14.8. The lowest BCUT2D eigenvalue weighted by atomic mass is 9.99. The number of carbonyl (C=O) groups is 1. The first-order valence-corrected chi connectivity index (χ1v) is 10.5. The molecule has 0 N–H and O–H groups in total. The molecule has 0 radical (unpaired) electrons. The normalized spacial score (nSPS) is 15.3. The van der Waals surface area contributed by atoms with Crippen LogP contribution in [0.4, 0.5) is 5.69 Å². The Bertz CT molecular complexity index is 907. The van der Waals surface area contributed by atoms with Crippen LogP contribution in [-0.4, -0.2) is 38.1 Å². The molecule has 0 saturated heterocycles. The summed E-state index contributed by atoms with van der Waals surface area (Å²) in [6, 6.07) is 14.5. The van der Waals surface area contributed by atoms with Crippen molar-refractivity contribution >= 4 is 21.6 Å². The number of nitrogens with zero attached hydrogens (tertiary/aromatic N) is 2. The molecule has 1 atom stereocenters. The summed E-state index contributed by atoms with van der Waals surface area (Å²) in [7, 11) is -3.59. The van der Waals surface area contributed by atoms with E-state index in [2.05, 4.69) is 6.07 Å². The lowest BCUT2D eigenvalue weighted by molar-refractivity contribution is -0.132. The van der Waals surface area contributed by atoms with Crippen LogP contribution in [0.2, 0.25) is 0 Å². The molecule has 1 heterocycles. The van der Waals surface area contributed by atoms with E-state index in [1.807, 2.05) is 37.3 Å². The van der Waals surface area contributed by atoms with Gasteiger partial charge in [-0.3, -0.25) is 9.10 Å². The largest absolute Gasteiger partial charge is 0.336 e. The highest BCUT2D eigenvalue weighted by atomic mass is 32.2. The number of aryl methyl sites for hydroxylation is 1. The maximum absolute atomic E-state index is 13.1. The van der Waals surface area contributed by atoms with E-state index in [-0.39, 0.29) is 5.91 Å². The van der Waals surface area contributed by atoms with Gasteiger partial charge in [-0.25, -0.2) is 8.42 Å². The fraction of sp³-hybridized carbons (Fsp3) is 0.350. The molecule has 0 bridgehead atoms.